The van der Waals surface area contributed by atoms with Gasteiger partial charge in [-0.3, -0.25) is 29.0 Å². The lowest BCUT2D eigenvalue weighted by atomic mass is 9.96. The van der Waals surface area contributed by atoms with Crippen LogP contribution in [0.3, 0.4) is 0 Å². The zero-order valence-corrected chi connectivity index (χ0v) is 91.2. The highest BCUT2D eigenvalue weighted by atomic mass is 16.7. The molecule has 2 N–H and O–H groups in total. The van der Waals surface area contributed by atoms with E-state index in [1.54, 1.807) is 0 Å². The Morgan fingerprint density at radius 3 is 0.770 bits per heavy atom. The second-order valence-electron chi connectivity index (χ2n) is 39.2. The quantitative estimate of drug-likeness (QED) is 0.0250. The van der Waals surface area contributed by atoms with Gasteiger partial charge in [-0.15, -0.1) is 0 Å². The molecule has 800 valence electrons. The highest BCUT2D eigenvalue weighted by molar-refractivity contribution is 5.70. The molecule has 0 spiro atoms. The van der Waals surface area contributed by atoms with Gasteiger partial charge < -0.3 is 53.2 Å². The molecule has 4 unspecified atom stereocenters. The molecule has 0 amide bonds. The molecule has 0 bridgehead atoms. The van der Waals surface area contributed by atoms with Crippen LogP contribution in [0.25, 0.3) is 0 Å². The number of carboxylic acids is 1. The number of aliphatic carboxylic acids is 1. The lowest BCUT2D eigenvalue weighted by Gasteiger charge is -2.24. The zero-order chi connectivity index (χ0) is 99.5. The van der Waals surface area contributed by atoms with Gasteiger partial charge in [0.15, 0.2) is 0 Å². The monoisotopic (exact) mass is 1920 g/mol. The van der Waals surface area contributed by atoms with Gasteiger partial charge >= 0.3 is 36.2 Å². The molecule has 0 rings (SSSR count). The van der Waals surface area contributed by atoms with Crippen molar-refractivity contribution in [3.05, 3.63) is 24.3 Å². The van der Waals surface area contributed by atoms with Gasteiger partial charge in [-0.25, -0.2) is 9.59 Å². The standard InChI is InChI=1S/C58H112N2O7.C40H80N2O6.C18H34O2/c1-7-13-17-20-21-22-23-24-25-26-27-28-29-33-38-45-56(61)64-51-49-60(48-40-47-59(11-5)12-6)50-52-65-58(63)67-55(43-36-19-15-9-3)44-37-32-30-31-34-39-46-57(62)66-53-54(41-16-10-4)42-35-18-14-8-2;1-6-11-14-20-26-37(25-13-8-3)36-47-39(44)29-23-19-17-16-18-22-28-38(27-21-15-12-7-2)48-40(45)46-35-33-42(32-34-43)31-24-30-41(9-4)10-5;1-2-3-4-5-6-7-8-9-10-11-12-13-14-15-16-17-18(19)20/h24-25,54-55H,7-23,26-53H2,1-6H3;37-38,43H,6-36H2,1-5H3;9-10H,2-8,11-17H2,1H3,(H,19,20)/b25-24-;;10-9-. The normalized spacial score (nSPS) is 12.5. The lowest BCUT2D eigenvalue weighted by Crippen LogP contribution is -2.35. The number of ether oxygens (including phenoxy) is 7. The number of carbonyl (C=O) groups excluding carboxylic acids is 5. The number of aliphatic hydroxyl groups is 1. The van der Waals surface area contributed by atoms with Crippen LogP contribution in [-0.2, 0) is 52.3 Å². The molecule has 4 atom stereocenters. The fourth-order valence-electron chi connectivity index (χ4n) is 17.5. The topological polar surface area (TPSA) is 220 Å². The minimum Gasteiger partial charge on any atom is -0.481 e. The summed E-state index contributed by atoms with van der Waals surface area (Å²) in [5.74, 6) is 0.188. The average molecular weight is 1920 g/mol. The molecule has 0 aromatic heterocycles. The van der Waals surface area contributed by atoms with Gasteiger partial charge in [-0.05, 0) is 231 Å². The van der Waals surface area contributed by atoms with Crippen LogP contribution in [0.15, 0.2) is 24.3 Å². The molecule has 0 fully saturated rings. The summed E-state index contributed by atoms with van der Waals surface area (Å²) in [4.78, 5) is 82.5. The van der Waals surface area contributed by atoms with Crippen LogP contribution >= 0.6 is 0 Å². The van der Waals surface area contributed by atoms with E-state index in [0.717, 1.165) is 226 Å². The van der Waals surface area contributed by atoms with Crippen LogP contribution in [0.2, 0.25) is 0 Å². The zero-order valence-electron chi connectivity index (χ0n) is 91.2. The van der Waals surface area contributed by atoms with Crippen molar-refractivity contribution in [2.75, 3.05) is 118 Å². The van der Waals surface area contributed by atoms with E-state index in [9.17, 15) is 33.9 Å². The number of allylic oxidation sites excluding steroid dienone is 4. The second kappa shape index (κ2) is 112. The molecule has 19 nitrogen and oxygen atoms in total. The lowest BCUT2D eigenvalue weighted by molar-refractivity contribution is -0.146. The first-order valence-corrected chi connectivity index (χ1v) is 58.2. The van der Waals surface area contributed by atoms with E-state index >= 15 is 0 Å². The number of unbranched alkanes of at least 4 members (excludes halogenated alkanes) is 46. The summed E-state index contributed by atoms with van der Waals surface area (Å²) in [6, 6.07) is 0. The average Bonchev–Trinajstić information content (AvgIpc) is 0.955. The van der Waals surface area contributed by atoms with Gasteiger partial charge in [-0.2, -0.15) is 0 Å². The summed E-state index contributed by atoms with van der Waals surface area (Å²) in [5.41, 5.74) is 0. The largest absolute Gasteiger partial charge is 0.508 e. The molecule has 0 saturated heterocycles. The molecular formula is C116H226N4O15. The number of esters is 3. The Balaban J connectivity index is -0.00000221. The Labute approximate surface area is 835 Å². The van der Waals surface area contributed by atoms with Gasteiger partial charge in [0, 0.05) is 51.9 Å². The molecule has 0 aromatic rings. The van der Waals surface area contributed by atoms with Crippen LogP contribution in [0.1, 0.15) is 545 Å². The summed E-state index contributed by atoms with van der Waals surface area (Å²) in [6.07, 6.45) is 89.2. The van der Waals surface area contributed by atoms with E-state index in [-0.39, 0.29) is 49.9 Å². The van der Waals surface area contributed by atoms with Crippen LogP contribution in [-0.4, -0.2) is 196 Å². The van der Waals surface area contributed by atoms with Crippen molar-refractivity contribution in [2.24, 2.45) is 11.8 Å². The summed E-state index contributed by atoms with van der Waals surface area (Å²) in [7, 11) is 0. The first-order chi connectivity index (χ1) is 66.0. The first-order valence-electron chi connectivity index (χ1n) is 58.2. The van der Waals surface area contributed by atoms with Crippen LogP contribution in [0.4, 0.5) is 9.59 Å². The van der Waals surface area contributed by atoms with E-state index in [1.807, 2.05) is 0 Å². The maximum Gasteiger partial charge on any atom is 0.508 e. The number of aliphatic hydroxyl groups excluding tert-OH is 1. The highest BCUT2D eigenvalue weighted by Gasteiger charge is 2.21. The number of nitrogens with zero attached hydrogens (tertiary/aromatic N) is 4. The predicted molar refractivity (Wildman–Crippen MR) is 572 cm³/mol. The summed E-state index contributed by atoms with van der Waals surface area (Å²) < 4.78 is 39.9. The van der Waals surface area contributed by atoms with E-state index in [1.165, 1.54) is 263 Å². The third-order valence-electron chi connectivity index (χ3n) is 26.7. The van der Waals surface area contributed by atoms with Crippen LogP contribution in [0.5, 0.6) is 0 Å². The highest BCUT2D eigenvalue weighted by Crippen LogP contribution is 2.25. The van der Waals surface area contributed by atoms with Crippen molar-refractivity contribution in [1.82, 2.24) is 19.6 Å². The van der Waals surface area contributed by atoms with Crippen molar-refractivity contribution in [1.29, 1.82) is 0 Å². The Kier molecular flexibility index (Phi) is 112. The van der Waals surface area contributed by atoms with E-state index < -0.39 is 18.3 Å². The number of hydrogen-bond acceptors (Lipinski definition) is 18. The Hall–Kier alpha value is -4.30. The smallest absolute Gasteiger partial charge is 0.481 e. The molecule has 0 aliphatic carbocycles. The molecule has 0 saturated carbocycles. The molecule has 0 aliphatic heterocycles. The maximum absolute atomic E-state index is 13.0. The van der Waals surface area contributed by atoms with Crippen molar-refractivity contribution in [3.63, 3.8) is 0 Å². The van der Waals surface area contributed by atoms with Gasteiger partial charge in [0.2, 0.25) is 0 Å². The van der Waals surface area contributed by atoms with E-state index in [2.05, 4.69) is 127 Å². The molecule has 0 aliphatic rings. The third-order valence-corrected chi connectivity index (χ3v) is 26.7. The van der Waals surface area contributed by atoms with Gasteiger partial charge in [0.05, 0.1) is 19.8 Å². The van der Waals surface area contributed by atoms with Gasteiger partial charge in [0.1, 0.15) is 32.0 Å². The number of hydrogen-bond donors (Lipinski definition) is 2. The molecular weight excluding hydrogens is 1690 g/mol. The van der Waals surface area contributed by atoms with E-state index in [4.69, 9.17) is 38.3 Å². The molecule has 0 aromatic carbocycles. The van der Waals surface area contributed by atoms with Gasteiger partial charge in [-0.1, -0.05) is 377 Å². The Morgan fingerprint density at radius 2 is 0.474 bits per heavy atom. The van der Waals surface area contributed by atoms with E-state index in [0.29, 0.717) is 83.5 Å². The first kappa shape index (κ1) is 135. The van der Waals surface area contributed by atoms with Crippen LogP contribution in [0, 0.1) is 11.8 Å². The number of rotatable bonds is 103. The molecule has 19 heteroatoms. The third kappa shape index (κ3) is 104. The van der Waals surface area contributed by atoms with Gasteiger partial charge in [0.25, 0.3) is 0 Å². The van der Waals surface area contributed by atoms with Crippen LogP contribution < -0.4 is 0 Å². The van der Waals surface area contributed by atoms with Crippen molar-refractivity contribution < 1.29 is 72.1 Å². The summed E-state index contributed by atoms with van der Waals surface area (Å²) in [6.45, 7) is 39.1. The fraction of sp³-hybridized carbons (Fsp3) is 0.914. The second-order valence-corrected chi connectivity index (χ2v) is 39.2. The molecule has 0 radical (unpaired) electrons. The predicted octanol–water partition coefficient (Wildman–Crippen LogP) is 32.6. The minimum absolute atomic E-state index is 0.0311. The molecule has 135 heavy (non-hydrogen) atoms. The Morgan fingerprint density at radius 1 is 0.237 bits per heavy atom. The number of carboxylic acid groups (broad SMARTS) is 1. The van der Waals surface area contributed by atoms with Crippen molar-refractivity contribution >= 4 is 36.2 Å². The summed E-state index contributed by atoms with van der Waals surface area (Å²) >= 11 is 0. The fourth-order valence-corrected chi connectivity index (χ4v) is 17.5. The molecule has 0 heterocycles. The summed E-state index contributed by atoms with van der Waals surface area (Å²) in [5, 5.41) is 18.0. The number of carbonyl (C=O) groups is 6. The van der Waals surface area contributed by atoms with Crippen molar-refractivity contribution in [3.8, 4) is 0 Å². The Bertz CT molecular complexity index is 2520. The minimum atomic E-state index is -0.664. The SMILES string of the molecule is CCCCCCC(CCCC)COC(=O)CCCCCCCCC(CCCCCC)OC(=O)OCCN(CCO)CCCN(CC)CC.CCCCCCCC/C=C\CCCCCCCC(=O)O.CCCCCCCC/C=C\CCCCCCCC(=O)OCCN(CCCN(CC)CC)CCOC(=O)OC(CCCCCC)CCCCCCCCC(=O)OCC(CCCC)CCCCCC. The van der Waals surface area contributed by atoms with Crippen molar-refractivity contribution in [2.45, 2.75) is 558 Å². The maximum atomic E-state index is 13.0.